The van der Waals surface area contributed by atoms with Gasteiger partial charge in [0, 0.05) is 31.5 Å². The first-order valence-corrected chi connectivity index (χ1v) is 10.7. The normalized spacial score (nSPS) is 19.5. The molecule has 7 heteroatoms. The van der Waals surface area contributed by atoms with E-state index in [4.69, 9.17) is 0 Å². The quantitative estimate of drug-likeness (QED) is 0.710. The molecule has 1 atom stereocenters. The van der Waals surface area contributed by atoms with E-state index in [1.54, 1.807) is 16.7 Å². The first-order chi connectivity index (χ1) is 12.5. The van der Waals surface area contributed by atoms with Gasteiger partial charge in [-0.2, -0.15) is 0 Å². The van der Waals surface area contributed by atoms with E-state index >= 15 is 0 Å². The van der Waals surface area contributed by atoms with Gasteiger partial charge in [0.2, 0.25) is 10.0 Å². The van der Waals surface area contributed by atoms with Gasteiger partial charge in [-0.15, -0.1) is 0 Å². The number of nitrogens with zero attached hydrogens (tertiary/aromatic N) is 4. The molecular formula is C19H22N4O2S. The van der Waals surface area contributed by atoms with Crippen molar-refractivity contribution in [2.45, 2.75) is 25.3 Å². The Balaban J connectivity index is 1.74. The Morgan fingerprint density at radius 3 is 2.65 bits per heavy atom. The lowest BCUT2D eigenvalue weighted by Gasteiger charge is -2.23. The Kier molecular flexibility index (Phi) is 4.50. The van der Waals surface area contributed by atoms with Gasteiger partial charge in [0.1, 0.15) is 0 Å². The van der Waals surface area contributed by atoms with Crippen LogP contribution in [0.15, 0.2) is 49.1 Å². The molecule has 0 saturated carbocycles. The third kappa shape index (κ3) is 3.37. The maximum Gasteiger partial charge on any atom is 0.211 e. The molecule has 1 unspecified atom stereocenters. The molecule has 0 aliphatic carbocycles. The van der Waals surface area contributed by atoms with Gasteiger partial charge in [-0.25, -0.2) is 17.7 Å². The third-order valence-electron chi connectivity index (χ3n) is 5.06. The number of sulfonamides is 1. The Bertz CT molecular complexity index is 1010. The van der Waals surface area contributed by atoms with Crippen LogP contribution >= 0.6 is 0 Å². The predicted molar refractivity (Wildman–Crippen MR) is 102 cm³/mol. The summed E-state index contributed by atoms with van der Waals surface area (Å²) in [5, 5.41) is 0. The zero-order valence-corrected chi connectivity index (χ0v) is 15.6. The monoisotopic (exact) mass is 370 g/mol. The summed E-state index contributed by atoms with van der Waals surface area (Å²) in [5.41, 5.74) is 4.18. The molecule has 0 spiro atoms. The number of fused-ring (bicyclic) bond motifs is 1. The fraction of sp³-hybridized carbons (Fsp3) is 0.368. The molecule has 1 fully saturated rings. The van der Waals surface area contributed by atoms with Crippen molar-refractivity contribution in [3.05, 3.63) is 49.1 Å². The highest BCUT2D eigenvalue weighted by Crippen LogP contribution is 2.29. The van der Waals surface area contributed by atoms with Gasteiger partial charge in [0.15, 0.2) is 0 Å². The summed E-state index contributed by atoms with van der Waals surface area (Å²) in [6.45, 7) is 1.11. The largest absolute Gasteiger partial charge is 0.326 e. The highest BCUT2D eigenvalue weighted by molar-refractivity contribution is 7.88. The highest BCUT2D eigenvalue weighted by Gasteiger charge is 2.26. The molecule has 136 valence electrons. The van der Waals surface area contributed by atoms with E-state index in [1.807, 2.05) is 24.5 Å². The van der Waals surface area contributed by atoms with Crippen molar-refractivity contribution in [3.63, 3.8) is 0 Å². The average Bonchev–Trinajstić information content (AvgIpc) is 2.88. The molecule has 0 bridgehead atoms. The molecule has 4 rings (SSSR count). The van der Waals surface area contributed by atoms with E-state index in [2.05, 4.69) is 26.7 Å². The van der Waals surface area contributed by atoms with Gasteiger partial charge in [-0.3, -0.25) is 4.98 Å². The number of hydrogen-bond donors (Lipinski definition) is 0. The number of imidazole rings is 1. The molecule has 26 heavy (non-hydrogen) atoms. The molecule has 1 saturated heterocycles. The van der Waals surface area contributed by atoms with E-state index in [0.29, 0.717) is 13.1 Å². The molecule has 0 N–H and O–H groups in total. The molecule has 1 aromatic carbocycles. The van der Waals surface area contributed by atoms with Crippen LogP contribution in [0.2, 0.25) is 0 Å². The summed E-state index contributed by atoms with van der Waals surface area (Å²) in [5.74, 6) is 0. The van der Waals surface area contributed by atoms with Crippen molar-refractivity contribution < 1.29 is 8.42 Å². The molecular weight excluding hydrogens is 348 g/mol. The molecule has 3 heterocycles. The fourth-order valence-corrected chi connectivity index (χ4v) is 4.56. The van der Waals surface area contributed by atoms with Crippen molar-refractivity contribution in [2.24, 2.45) is 0 Å². The minimum atomic E-state index is -3.18. The second kappa shape index (κ2) is 6.81. The van der Waals surface area contributed by atoms with Crippen LogP contribution in [0.3, 0.4) is 0 Å². The maximum atomic E-state index is 12.1. The summed E-state index contributed by atoms with van der Waals surface area (Å²) < 4.78 is 27.8. The van der Waals surface area contributed by atoms with Gasteiger partial charge in [0.25, 0.3) is 0 Å². The second-order valence-corrected chi connectivity index (χ2v) is 8.84. The number of rotatable bonds is 3. The Morgan fingerprint density at radius 1 is 1.08 bits per heavy atom. The SMILES string of the molecule is CS(=O)(=O)N1CCCCC(n2cnc3ccc(-c4ccncc4)cc32)C1. The lowest BCUT2D eigenvalue weighted by atomic mass is 10.1. The lowest BCUT2D eigenvalue weighted by Crippen LogP contribution is -2.34. The minimum Gasteiger partial charge on any atom is -0.326 e. The lowest BCUT2D eigenvalue weighted by molar-refractivity contribution is 0.367. The van der Waals surface area contributed by atoms with Gasteiger partial charge >= 0.3 is 0 Å². The van der Waals surface area contributed by atoms with E-state index in [9.17, 15) is 8.42 Å². The Hall–Kier alpha value is -2.25. The van der Waals surface area contributed by atoms with Crippen molar-refractivity contribution in [3.8, 4) is 11.1 Å². The van der Waals surface area contributed by atoms with E-state index in [-0.39, 0.29) is 6.04 Å². The smallest absolute Gasteiger partial charge is 0.211 e. The minimum absolute atomic E-state index is 0.102. The van der Waals surface area contributed by atoms with Crippen LogP contribution < -0.4 is 0 Å². The molecule has 3 aromatic rings. The maximum absolute atomic E-state index is 12.1. The molecule has 1 aliphatic rings. The second-order valence-electron chi connectivity index (χ2n) is 6.86. The van der Waals surface area contributed by atoms with Crippen LogP contribution in [-0.2, 0) is 10.0 Å². The first-order valence-electron chi connectivity index (χ1n) is 8.84. The van der Waals surface area contributed by atoms with Crippen molar-refractivity contribution >= 4 is 21.1 Å². The summed E-state index contributed by atoms with van der Waals surface area (Å²) in [4.78, 5) is 8.61. The average molecular weight is 370 g/mol. The van der Waals surface area contributed by atoms with Crippen LogP contribution in [-0.4, -0.2) is 46.6 Å². The fourth-order valence-electron chi connectivity index (χ4n) is 3.65. The molecule has 2 aromatic heterocycles. The summed E-state index contributed by atoms with van der Waals surface area (Å²) in [6.07, 6.45) is 9.58. The zero-order valence-electron chi connectivity index (χ0n) is 14.7. The van der Waals surface area contributed by atoms with Crippen LogP contribution in [0.4, 0.5) is 0 Å². The molecule has 1 aliphatic heterocycles. The predicted octanol–water partition coefficient (Wildman–Crippen LogP) is 3.08. The summed E-state index contributed by atoms with van der Waals surface area (Å²) >= 11 is 0. The number of benzene rings is 1. The van der Waals surface area contributed by atoms with Crippen LogP contribution in [0.5, 0.6) is 0 Å². The third-order valence-corrected chi connectivity index (χ3v) is 6.33. The van der Waals surface area contributed by atoms with Gasteiger partial charge in [-0.05, 0) is 48.2 Å². The Labute approximate surface area is 153 Å². The standard InChI is InChI=1S/C19H22N4O2S/c1-26(24,25)22-11-3-2-4-17(13-22)23-14-21-18-6-5-16(12-19(18)23)15-7-9-20-10-8-15/h5-10,12,14,17H,2-4,11,13H2,1H3. The summed E-state index contributed by atoms with van der Waals surface area (Å²) in [7, 11) is -3.18. The zero-order chi connectivity index (χ0) is 18.1. The summed E-state index contributed by atoms with van der Waals surface area (Å²) in [6, 6.07) is 10.3. The van der Waals surface area contributed by atoms with E-state index < -0.39 is 10.0 Å². The molecule has 6 nitrogen and oxygen atoms in total. The van der Waals surface area contributed by atoms with Crippen LogP contribution in [0, 0.1) is 0 Å². The van der Waals surface area contributed by atoms with Crippen molar-refractivity contribution in [1.29, 1.82) is 0 Å². The molecule has 0 radical (unpaired) electrons. The van der Waals surface area contributed by atoms with Gasteiger partial charge in [-0.1, -0.05) is 12.5 Å². The highest BCUT2D eigenvalue weighted by atomic mass is 32.2. The first kappa shape index (κ1) is 17.2. The topological polar surface area (TPSA) is 68.1 Å². The van der Waals surface area contributed by atoms with Gasteiger partial charge in [0.05, 0.1) is 23.6 Å². The number of hydrogen-bond acceptors (Lipinski definition) is 4. The Morgan fingerprint density at radius 2 is 1.88 bits per heavy atom. The van der Waals surface area contributed by atoms with E-state index in [0.717, 1.165) is 41.4 Å². The van der Waals surface area contributed by atoms with E-state index in [1.165, 1.54) is 6.26 Å². The van der Waals surface area contributed by atoms with Crippen molar-refractivity contribution in [2.75, 3.05) is 19.3 Å². The van der Waals surface area contributed by atoms with Crippen LogP contribution in [0.25, 0.3) is 22.2 Å². The number of pyridine rings is 1. The van der Waals surface area contributed by atoms with Crippen molar-refractivity contribution in [1.82, 2.24) is 18.8 Å². The molecule has 0 amide bonds. The van der Waals surface area contributed by atoms with Crippen LogP contribution in [0.1, 0.15) is 25.3 Å². The number of aromatic nitrogens is 3. The van der Waals surface area contributed by atoms with Gasteiger partial charge < -0.3 is 4.57 Å².